The lowest BCUT2D eigenvalue weighted by atomic mass is 10.0. The molecule has 0 spiro atoms. The monoisotopic (exact) mass is 458 g/mol. The predicted octanol–water partition coefficient (Wildman–Crippen LogP) is 4.79. The maximum atomic E-state index is 13.7. The van der Waals surface area contributed by atoms with Crippen LogP contribution < -0.4 is 10.1 Å². The van der Waals surface area contributed by atoms with E-state index in [2.05, 4.69) is 5.32 Å². The van der Waals surface area contributed by atoms with Crippen LogP contribution in [0.2, 0.25) is 0 Å². The molecule has 178 valence electrons. The topological polar surface area (TPSA) is 58.6 Å². The summed E-state index contributed by atoms with van der Waals surface area (Å²) in [5.74, 6) is 0.527. The maximum Gasteiger partial charge on any atom is 0.243 e. The number of hydrogen-bond acceptors (Lipinski definition) is 3. The first kappa shape index (κ1) is 25.0. The first-order valence-corrected chi connectivity index (χ1v) is 11.8. The van der Waals surface area contributed by atoms with E-state index in [9.17, 15) is 9.59 Å². The number of carbonyl (C=O) groups excluding carboxylic acids is 2. The van der Waals surface area contributed by atoms with Crippen molar-refractivity contribution in [2.75, 3.05) is 7.11 Å². The Balaban J connectivity index is 1.93. The third-order valence-electron chi connectivity index (χ3n) is 5.98. The molecule has 0 saturated carbocycles. The molecule has 0 saturated heterocycles. The van der Waals surface area contributed by atoms with Crippen LogP contribution >= 0.6 is 0 Å². The summed E-state index contributed by atoms with van der Waals surface area (Å²) in [4.78, 5) is 28.9. The number of rotatable bonds is 11. The van der Waals surface area contributed by atoms with Crippen LogP contribution in [0.4, 0.5) is 0 Å². The van der Waals surface area contributed by atoms with E-state index >= 15 is 0 Å². The van der Waals surface area contributed by atoms with E-state index in [1.165, 1.54) is 0 Å². The molecular weight excluding hydrogens is 424 g/mol. The van der Waals surface area contributed by atoms with E-state index < -0.39 is 6.04 Å². The normalized spacial score (nSPS) is 12.4. The molecule has 0 aliphatic rings. The van der Waals surface area contributed by atoms with Gasteiger partial charge in [-0.2, -0.15) is 0 Å². The van der Waals surface area contributed by atoms with E-state index in [-0.39, 0.29) is 24.3 Å². The first-order chi connectivity index (χ1) is 16.5. The summed E-state index contributed by atoms with van der Waals surface area (Å²) in [6, 6.07) is 26.6. The minimum Gasteiger partial charge on any atom is -0.497 e. The van der Waals surface area contributed by atoms with Crippen molar-refractivity contribution in [3.63, 3.8) is 0 Å². The number of nitrogens with one attached hydrogen (secondary N) is 1. The fourth-order valence-electron chi connectivity index (χ4n) is 3.79. The van der Waals surface area contributed by atoms with Crippen molar-refractivity contribution in [3.8, 4) is 5.75 Å². The van der Waals surface area contributed by atoms with Gasteiger partial charge in [0.25, 0.3) is 0 Å². The van der Waals surface area contributed by atoms with Gasteiger partial charge in [-0.25, -0.2) is 0 Å². The van der Waals surface area contributed by atoms with Crippen LogP contribution in [0.1, 0.15) is 37.0 Å². The molecule has 1 N–H and O–H groups in total. The van der Waals surface area contributed by atoms with Gasteiger partial charge in [-0.3, -0.25) is 9.59 Å². The molecule has 0 aliphatic heterocycles. The van der Waals surface area contributed by atoms with Crippen LogP contribution in [0.5, 0.6) is 5.75 Å². The Morgan fingerprint density at radius 1 is 0.853 bits per heavy atom. The van der Waals surface area contributed by atoms with Crippen molar-refractivity contribution in [1.29, 1.82) is 0 Å². The van der Waals surface area contributed by atoms with E-state index in [1.807, 2.05) is 98.8 Å². The zero-order valence-electron chi connectivity index (χ0n) is 20.2. The van der Waals surface area contributed by atoms with Crippen LogP contribution in [0.15, 0.2) is 84.9 Å². The van der Waals surface area contributed by atoms with Gasteiger partial charge in [-0.05, 0) is 42.2 Å². The number of benzene rings is 3. The van der Waals surface area contributed by atoms with Gasteiger partial charge in [-0.1, -0.05) is 79.7 Å². The van der Waals surface area contributed by atoms with E-state index in [0.717, 1.165) is 28.9 Å². The van der Waals surface area contributed by atoms with Crippen LogP contribution in [0.25, 0.3) is 0 Å². The van der Waals surface area contributed by atoms with E-state index in [1.54, 1.807) is 12.0 Å². The maximum absolute atomic E-state index is 13.7. The quantitative estimate of drug-likeness (QED) is 0.449. The van der Waals surface area contributed by atoms with Gasteiger partial charge in [0, 0.05) is 19.0 Å². The van der Waals surface area contributed by atoms with Crippen molar-refractivity contribution in [2.24, 2.45) is 0 Å². The van der Waals surface area contributed by atoms with Crippen LogP contribution in [0.3, 0.4) is 0 Å². The summed E-state index contributed by atoms with van der Waals surface area (Å²) in [5.41, 5.74) is 2.88. The minimum absolute atomic E-state index is 0.0287. The Morgan fingerprint density at radius 3 is 2.00 bits per heavy atom. The molecule has 0 radical (unpaired) electrons. The summed E-state index contributed by atoms with van der Waals surface area (Å²) in [6.07, 6.45) is 1.48. The highest BCUT2D eigenvalue weighted by Crippen LogP contribution is 2.18. The fourth-order valence-corrected chi connectivity index (χ4v) is 3.79. The molecule has 0 aromatic heterocycles. The number of ether oxygens (including phenoxy) is 1. The van der Waals surface area contributed by atoms with Crippen molar-refractivity contribution in [3.05, 3.63) is 102 Å². The van der Waals surface area contributed by atoms with Crippen LogP contribution in [0, 0.1) is 0 Å². The van der Waals surface area contributed by atoms with Gasteiger partial charge >= 0.3 is 0 Å². The Hall–Kier alpha value is -3.60. The molecule has 0 aliphatic carbocycles. The van der Waals surface area contributed by atoms with Crippen molar-refractivity contribution < 1.29 is 14.3 Å². The first-order valence-electron chi connectivity index (χ1n) is 11.8. The molecule has 34 heavy (non-hydrogen) atoms. The van der Waals surface area contributed by atoms with Crippen molar-refractivity contribution >= 4 is 11.8 Å². The molecule has 0 fully saturated rings. The van der Waals surface area contributed by atoms with Gasteiger partial charge in [0.1, 0.15) is 11.8 Å². The Bertz CT molecular complexity index is 1040. The molecule has 5 nitrogen and oxygen atoms in total. The van der Waals surface area contributed by atoms with E-state index in [4.69, 9.17) is 4.74 Å². The zero-order valence-corrected chi connectivity index (χ0v) is 20.2. The zero-order chi connectivity index (χ0) is 24.3. The third-order valence-corrected chi connectivity index (χ3v) is 5.98. The highest BCUT2D eigenvalue weighted by atomic mass is 16.5. The highest BCUT2D eigenvalue weighted by Gasteiger charge is 2.30. The van der Waals surface area contributed by atoms with Crippen LogP contribution in [-0.2, 0) is 29.0 Å². The number of carbonyl (C=O) groups is 2. The van der Waals surface area contributed by atoms with Gasteiger partial charge < -0.3 is 15.0 Å². The SMILES string of the molecule is CC[C@@H](C)NC(=O)[C@H](Cc1ccccc1)N(Cc1ccccc1)C(=O)Cc1ccc(OC)cc1. The van der Waals surface area contributed by atoms with Gasteiger partial charge in [0.15, 0.2) is 0 Å². The number of methoxy groups -OCH3 is 1. The molecule has 0 unspecified atom stereocenters. The summed E-state index contributed by atoms with van der Waals surface area (Å²) in [7, 11) is 1.62. The lowest BCUT2D eigenvalue weighted by Gasteiger charge is -2.32. The molecule has 2 amide bonds. The second-order valence-electron chi connectivity index (χ2n) is 8.56. The lowest BCUT2D eigenvalue weighted by Crippen LogP contribution is -2.52. The minimum atomic E-state index is -0.623. The second-order valence-corrected chi connectivity index (χ2v) is 8.56. The number of nitrogens with zero attached hydrogens (tertiary/aromatic N) is 1. The summed E-state index contributed by atoms with van der Waals surface area (Å²) >= 11 is 0. The summed E-state index contributed by atoms with van der Waals surface area (Å²) in [6.45, 7) is 4.38. The lowest BCUT2D eigenvalue weighted by molar-refractivity contribution is -0.141. The second kappa shape index (κ2) is 12.6. The standard InChI is InChI=1S/C29H34N2O3/c1-4-22(2)30-29(33)27(19-23-11-7-5-8-12-23)31(21-25-13-9-6-10-14-25)28(32)20-24-15-17-26(34-3)18-16-24/h5-18,22,27H,4,19-21H2,1-3H3,(H,30,33)/t22-,27+/m1/s1. The molecule has 5 heteroatoms. The fraction of sp³-hybridized carbons (Fsp3) is 0.310. The van der Waals surface area contributed by atoms with Gasteiger partial charge in [-0.15, -0.1) is 0 Å². The Kier molecular flexibility index (Phi) is 9.27. The van der Waals surface area contributed by atoms with Crippen LogP contribution in [-0.4, -0.2) is 35.9 Å². The number of amides is 2. The van der Waals surface area contributed by atoms with E-state index in [0.29, 0.717) is 13.0 Å². The third kappa shape index (κ3) is 7.20. The Labute approximate surface area is 202 Å². The average Bonchev–Trinajstić information content (AvgIpc) is 2.87. The number of hydrogen-bond donors (Lipinski definition) is 1. The van der Waals surface area contributed by atoms with Gasteiger partial charge in [0.05, 0.1) is 13.5 Å². The molecule has 3 aromatic rings. The highest BCUT2D eigenvalue weighted by molar-refractivity contribution is 5.89. The molecule has 0 heterocycles. The van der Waals surface area contributed by atoms with Crippen molar-refractivity contribution in [1.82, 2.24) is 10.2 Å². The smallest absolute Gasteiger partial charge is 0.243 e. The Morgan fingerprint density at radius 2 is 1.44 bits per heavy atom. The molecule has 3 rings (SSSR count). The molecular formula is C29H34N2O3. The summed E-state index contributed by atoms with van der Waals surface area (Å²) < 4.78 is 5.24. The average molecular weight is 459 g/mol. The molecule has 2 atom stereocenters. The molecule has 3 aromatic carbocycles. The van der Waals surface area contributed by atoms with Crippen molar-refractivity contribution in [2.45, 2.75) is 51.7 Å². The van der Waals surface area contributed by atoms with Gasteiger partial charge in [0.2, 0.25) is 11.8 Å². The molecule has 0 bridgehead atoms. The predicted molar refractivity (Wildman–Crippen MR) is 136 cm³/mol. The summed E-state index contributed by atoms with van der Waals surface area (Å²) in [5, 5.41) is 3.10. The largest absolute Gasteiger partial charge is 0.497 e.